The Kier molecular flexibility index (Phi) is 1.73. The molecule has 4 heteroatoms. The molecular formula is C9H8N2O2. The Morgan fingerprint density at radius 3 is 3.15 bits per heavy atom. The number of hydrogen-bond donors (Lipinski definition) is 1. The molecule has 0 atom stereocenters. The van der Waals surface area contributed by atoms with Crippen molar-refractivity contribution in [2.45, 2.75) is 0 Å². The largest absolute Gasteiger partial charge is 0.465 e. The van der Waals surface area contributed by atoms with Gasteiger partial charge in [-0.2, -0.15) is 0 Å². The van der Waals surface area contributed by atoms with E-state index in [9.17, 15) is 4.79 Å². The first-order valence-corrected chi connectivity index (χ1v) is 3.83. The summed E-state index contributed by atoms with van der Waals surface area (Å²) in [6.07, 6.45) is 5.03. The number of fused-ring (bicyclic) bond motifs is 1. The van der Waals surface area contributed by atoms with Crippen molar-refractivity contribution >= 4 is 5.97 Å². The van der Waals surface area contributed by atoms with Crippen LogP contribution in [0.2, 0.25) is 0 Å². The van der Waals surface area contributed by atoms with Crippen molar-refractivity contribution in [2.75, 3.05) is 7.11 Å². The smallest absolute Gasteiger partial charge is 0.341 e. The molecule has 66 valence electrons. The van der Waals surface area contributed by atoms with Crippen LogP contribution in [-0.4, -0.2) is 23.0 Å². The molecule has 0 saturated carbocycles. The second-order valence-electron chi connectivity index (χ2n) is 2.61. The summed E-state index contributed by atoms with van der Waals surface area (Å²) in [7, 11) is 1.35. The van der Waals surface area contributed by atoms with Crippen molar-refractivity contribution < 1.29 is 9.53 Å². The van der Waals surface area contributed by atoms with Crippen LogP contribution in [-0.2, 0) is 4.74 Å². The molecular weight excluding hydrogens is 168 g/mol. The second kappa shape index (κ2) is 2.90. The van der Waals surface area contributed by atoms with Gasteiger partial charge in [-0.3, -0.25) is 4.98 Å². The Hall–Kier alpha value is -1.84. The fraction of sp³-hybridized carbons (Fsp3) is 0.111. The van der Waals surface area contributed by atoms with E-state index in [4.69, 9.17) is 0 Å². The number of ether oxygens (including phenoxy) is 1. The van der Waals surface area contributed by atoms with E-state index in [0.717, 1.165) is 5.56 Å². The number of rotatable bonds is 1. The molecule has 2 rings (SSSR count). The van der Waals surface area contributed by atoms with Crippen LogP contribution in [0.4, 0.5) is 0 Å². The lowest BCUT2D eigenvalue weighted by Crippen LogP contribution is -2.04. The van der Waals surface area contributed by atoms with Gasteiger partial charge in [-0.25, -0.2) is 4.79 Å². The van der Waals surface area contributed by atoms with Crippen LogP contribution >= 0.6 is 0 Å². The number of pyridine rings is 1. The van der Waals surface area contributed by atoms with Crippen LogP contribution in [0.5, 0.6) is 0 Å². The predicted octanol–water partition coefficient (Wildman–Crippen LogP) is 1.30. The number of nitrogens with zero attached hydrogens (tertiary/aromatic N) is 1. The van der Waals surface area contributed by atoms with Crippen LogP contribution < -0.4 is 0 Å². The first-order chi connectivity index (χ1) is 6.33. The van der Waals surface area contributed by atoms with Crippen LogP contribution in [0.3, 0.4) is 0 Å². The van der Waals surface area contributed by atoms with Gasteiger partial charge in [0, 0.05) is 24.2 Å². The van der Waals surface area contributed by atoms with Gasteiger partial charge in [0.1, 0.15) is 5.56 Å². The topological polar surface area (TPSA) is 55.0 Å². The molecule has 13 heavy (non-hydrogen) atoms. The Bertz CT molecular complexity index is 408. The lowest BCUT2D eigenvalue weighted by molar-refractivity contribution is 0.0601. The van der Waals surface area contributed by atoms with Crippen LogP contribution in [0.15, 0.2) is 24.7 Å². The SMILES string of the molecule is COC(=O)c1c[nH]cc2ccnc1-2. The van der Waals surface area contributed by atoms with E-state index in [1.165, 1.54) is 7.11 Å². The fourth-order valence-electron chi connectivity index (χ4n) is 1.24. The highest BCUT2D eigenvalue weighted by atomic mass is 16.5. The number of esters is 1. The standard InChI is InChI=1S/C9H8N2O2/c1-13-9(12)7-5-10-4-6-2-3-11-8(6)7/h2-5,10H,1H3. The number of carbonyl (C=O) groups is 1. The number of H-pyrrole nitrogens is 1. The quantitative estimate of drug-likeness (QED) is 0.666. The van der Waals surface area contributed by atoms with E-state index in [-0.39, 0.29) is 5.97 Å². The van der Waals surface area contributed by atoms with Gasteiger partial charge in [0.05, 0.1) is 12.8 Å². The summed E-state index contributed by atoms with van der Waals surface area (Å²) in [4.78, 5) is 18.2. The van der Waals surface area contributed by atoms with E-state index in [2.05, 4.69) is 14.7 Å². The van der Waals surface area contributed by atoms with E-state index in [1.807, 2.05) is 6.07 Å². The lowest BCUT2D eigenvalue weighted by Gasteiger charge is -2.03. The number of hydrogen-bond acceptors (Lipinski definition) is 3. The van der Waals surface area contributed by atoms with Gasteiger partial charge in [0.15, 0.2) is 0 Å². The molecule has 0 aromatic carbocycles. The second-order valence-corrected chi connectivity index (χ2v) is 2.61. The average Bonchev–Trinajstić information content (AvgIpc) is 2.63. The average molecular weight is 176 g/mol. The molecule has 0 saturated heterocycles. The maximum absolute atomic E-state index is 11.2. The summed E-state index contributed by atoms with van der Waals surface area (Å²) >= 11 is 0. The molecule has 2 aliphatic heterocycles. The van der Waals surface area contributed by atoms with E-state index >= 15 is 0 Å². The number of nitrogens with one attached hydrogen (secondary N) is 1. The number of methoxy groups -OCH3 is 1. The molecule has 0 radical (unpaired) electrons. The molecule has 0 aliphatic carbocycles. The molecule has 2 heterocycles. The molecule has 0 spiro atoms. The summed E-state index contributed by atoms with van der Waals surface area (Å²) in [6, 6.07) is 1.83. The van der Waals surface area contributed by atoms with Gasteiger partial charge in [0.2, 0.25) is 0 Å². The molecule has 0 fully saturated rings. The highest BCUT2D eigenvalue weighted by molar-refractivity contribution is 5.96. The summed E-state index contributed by atoms with van der Waals surface area (Å²) in [5.41, 5.74) is 2.04. The maximum atomic E-state index is 11.2. The molecule has 4 nitrogen and oxygen atoms in total. The minimum absolute atomic E-state index is 0.374. The fourth-order valence-corrected chi connectivity index (χ4v) is 1.24. The molecule has 2 aliphatic rings. The summed E-state index contributed by atoms with van der Waals surface area (Å²) < 4.78 is 4.61. The third kappa shape index (κ3) is 1.16. The highest BCUT2D eigenvalue weighted by Crippen LogP contribution is 2.22. The van der Waals surface area contributed by atoms with Gasteiger partial charge in [0.25, 0.3) is 0 Å². The molecule has 0 bridgehead atoms. The normalized spacial score (nSPS) is 10.2. The van der Waals surface area contributed by atoms with Crippen molar-refractivity contribution in [1.29, 1.82) is 0 Å². The zero-order chi connectivity index (χ0) is 9.26. The molecule has 1 N–H and O–H groups in total. The lowest BCUT2D eigenvalue weighted by atomic mass is 10.1. The number of aromatic amines is 1. The third-order valence-electron chi connectivity index (χ3n) is 1.86. The monoisotopic (exact) mass is 176 g/mol. The van der Waals surface area contributed by atoms with Gasteiger partial charge >= 0.3 is 5.97 Å². The first kappa shape index (κ1) is 7.79. The summed E-state index contributed by atoms with van der Waals surface area (Å²) in [5, 5.41) is 0. The predicted molar refractivity (Wildman–Crippen MR) is 46.5 cm³/mol. The van der Waals surface area contributed by atoms with Crippen molar-refractivity contribution in [3.63, 3.8) is 0 Å². The number of carbonyl (C=O) groups excluding carboxylic acids is 1. The maximum Gasteiger partial charge on any atom is 0.341 e. The first-order valence-electron chi connectivity index (χ1n) is 3.83. The Morgan fingerprint density at radius 1 is 1.54 bits per heavy atom. The van der Waals surface area contributed by atoms with Crippen molar-refractivity contribution in [3.8, 4) is 11.3 Å². The minimum atomic E-state index is -0.374. The van der Waals surface area contributed by atoms with Gasteiger partial charge in [-0.1, -0.05) is 0 Å². The Balaban J connectivity index is 2.58. The Labute approximate surface area is 74.9 Å². The van der Waals surface area contributed by atoms with Crippen LogP contribution in [0.25, 0.3) is 11.3 Å². The zero-order valence-corrected chi connectivity index (χ0v) is 7.07. The van der Waals surface area contributed by atoms with Crippen molar-refractivity contribution in [2.24, 2.45) is 0 Å². The highest BCUT2D eigenvalue weighted by Gasteiger charge is 2.15. The molecule has 0 aromatic heterocycles. The van der Waals surface area contributed by atoms with Crippen molar-refractivity contribution in [3.05, 3.63) is 30.2 Å². The van der Waals surface area contributed by atoms with Gasteiger partial charge in [-0.05, 0) is 6.07 Å². The third-order valence-corrected chi connectivity index (χ3v) is 1.86. The molecule has 0 unspecified atom stereocenters. The summed E-state index contributed by atoms with van der Waals surface area (Å²) in [6.45, 7) is 0. The van der Waals surface area contributed by atoms with Gasteiger partial charge in [-0.15, -0.1) is 0 Å². The van der Waals surface area contributed by atoms with E-state index < -0.39 is 0 Å². The van der Waals surface area contributed by atoms with Crippen LogP contribution in [0.1, 0.15) is 10.4 Å². The van der Waals surface area contributed by atoms with E-state index in [0.29, 0.717) is 11.3 Å². The molecule has 0 amide bonds. The van der Waals surface area contributed by atoms with Crippen molar-refractivity contribution in [1.82, 2.24) is 9.97 Å². The summed E-state index contributed by atoms with van der Waals surface area (Å²) in [5.74, 6) is -0.374. The zero-order valence-electron chi connectivity index (χ0n) is 7.07. The minimum Gasteiger partial charge on any atom is -0.465 e. The van der Waals surface area contributed by atoms with E-state index in [1.54, 1.807) is 18.6 Å². The molecule has 0 aromatic rings. The number of aromatic nitrogens is 2. The van der Waals surface area contributed by atoms with Crippen LogP contribution in [0, 0.1) is 0 Å². The Morgan fingerprint density at radius 2 is 2.38 bits per heavy atom. The van der Waals surface area contributed by atoms with Gasteiger partial charge < -0.3 is 9.72 Å².